The zero-order valence-corrected chi connectivity index (χ0v) is 17.5. The molecule has 0 radical (unpaired) electrons. The molecule has 0 fully saturated rings. The summed E-state index contributed by atoms with van der Waals surface area (Å²) in [5.41, 5.74) is 1.08. The molecule has 2 aromatic carbocycles. The second-order valence-corrected chi connectivity index (χ2v) is 8.83. The van der Waals surface area contributed by atoms with E-state index < -0.39 is 15.4 Å². The van der Waals surface area contributed by atoms with E-state index in [0.29, 0.717) is 5.75 Å². The summed E-state index contributed by atoms with van der Waals surface area (Å²) < 4.78 is 28.7. The van der Waals surface area contributed by atoms with Crippen molar-refractivity contribution >= 4 is 33.5 Å². The summed E-state index contributed by atoms with van der Waals surface area (Å²) in [7, 11) is -3.84. The van der Waals surface area contributed by atoms with Gasteiger partial charge in [0.1, 0.15) is 12.4 Å². The normalized spacial score (nSPS) is 12.6. The van der Waals surface area contributed by atoms with Crippen molar-refractivity contribution in [1.29, 1.82) is 5.26 Å². The van der Waals surface area contributed by atoms with Gasteiger partial charge in [-0.05, 0) is 24.6 Å². The van der Waals surface area contributed by atoms with Crippen LogP contribution in [0.3, 0.4) is 0 Å². The Kier molecular flexibility index (Phi) is 8.70. The number of carbonyl (C=O) groups excluding carboxylic acids is 1. The molecule has 0 saturated heterocycles. The molecule has 2 N–H and O–H groups in total. The van der Waals surface area contributed by atoms with Crippen LogP contribution in [0.25, 0.3) is 0 Å². The smallest absolute Gasteiger partial charge is 0.283 e. The van der Waals surface area contributed by atoms with Gasteiger partial charge in [-0.15, -0.1) is 16.2 Å². The van der Waals surface area contributed by atoms with Crippen LogP contribution < -0.4 is 10.6 Å². The molecule has 0 bridgehead atoms. The van der Waals surface area contributed by atoms with Crippen LogP contribution in [-0.4, -0.2) is 32.1 Å². The number of nitrogens with one attached hydrogen (secondary N) is 2. The summed E-state index contributed by atoms with van der Waals surface area (Å²) >= 11 is 1.46. The highest BCUT2D eigenvalue weighted by molar-refractivity contribution is 7.99. The maximum absolute atomic E-state index is 12.4. The van der Waals surface area contributed by atoms with Crippen LogP contribution in [0.5, 0.6) is 0 Å². The van der Waals surface area contributed by atoms with Crippen LogP contribution >= 0.6 is 11.8 Å². The number of benzene rings is 2. The third-order valence-corrected chi connectivity index (χ3v) is 6.27. The molecular formula is C20H22N4O3S2. The second-order valence-electron chi connectivity index (χ2n) is 6.03. The van der Waals surface area contributed by atoms with E-state index in [-0.39, 0.29) is 29.6 Å². The average molecular weight is 431 g/mol. The molecular weight excluding hydrogens is 408 g/mol. The number of thioether (sulfide) groups is 1. The van der Waals surface area contributed by atoms with E-state index in [1.54, 1.807) is 25.1 Å². The predicted molar refractivity (Wildman–Crippen MR) is 115 cm³/mol. The molecule has 152 valence electrons. The van der Waals surface area contributed by atoms with E-state index >= 15 is 0 Å². The third kappa shape index (κ3) is 7.97. The Morgan fingerprint density at radius 1 is 1.14 bits per heavy atom. The first-order valence-electron chi connectivity index (χ1n) is 8.83. The maximum atomic E-state index is 12.4. The maximum Gasteiger partial charge on any atom is 0.283 e. The molecule has 29 heavy (non-hydrogen) atoms. The second kappa shape index (κ2) is 11.2. The van der Waals surface area contributed by atoms with Gasteiger partial charge >= 0.3 is 0 Å². The number of amidine groups is 1. The number of nitriles is 1. The molecule has 2 aromatic rings. The lowest BCUT2D eigenvalue weighted by molar-refractivity contribution is -0.120. The zero-order valence-electron chi connectivity index (χ0n) is 15.9. The summed E-state index contributed by atoms with van der Waals surface area (Å²) in [5.74, 6) is 0.513. The molecule has 2 rings (SSSR count). The third-order valence-electron chi connectivity index (χ3n) is 3.70. The molecule has 0 spiro atoms. The van der Waals surface area contributed by atoms with Gasteiger partial charge in [-0.3, -0.25) is 4.79 Å². The van der Waals surface area contributed by atoms with Gasteiger partial charge in [0, 0.05) is 5.75 Å². The largest absolute Gasteiger partial charge is 0.361 e. The van der Waals surface area contributed by atoms with Gasteiger partial charge in [-0.2, -0.15) is 13.7 Å². The topological polar surface area (TPSA) is 111 Å². The molecule has 0 aliphatic heterocycles. The van der Waals surface area contributed by atoms with Crippen LogP contribution in [0.15, 0.2) is 70.0 Å². The molecule has 0 aliphatic rings. The minimum atomic E-state index is -3.84. The molecule has 7 nitrogen and oxygen atoms in total. The lowest BCUT2D eigenvalue weighted by Crippen LogP contribution is -2.36. The van der Waals surface area contributed by atoms with Gasteiger partial charge < -0.3 is 10.6 Å². The SMILES string of the molecule is CC(=NS(=O)(=O)c1ccccc1)NC(CC(=O)NCC#N)SCc1ccccc1. The lowest BCUT2D eigenvalue weighted by Gasteiger charge is -2.19. The molecule has 1 unspecified atom stereocenters. The number of sulfonamides is 1. The number of rotatable bonds is 9. The van der Waals surface area contributed by atoms with Crippen LogP contribution in [0.1, 0.15) is 18.9 Å². The van der Waals surface area contributed by atoms with E-state index in [1.165, 1.54) is 23.9 Å². The van der Waals surface area contributed by atoms with E-state index in [0.717, 1.165) is 5.56 Å². The molecule has 0 saturated carbocycles. The highest BCUT2D eigenvalue weighted by Gasteiger charge is 2.17. The summed E-state index contributed by atoms with van der Waals surface area (Å²) in [6.45, 7) is 1.47. The van der Waals surface area contributed by atoms with Crippen LogP contribution in [0, 0.1) is 11.3 Å². The Bertz CT molecular complexity index is 972. The predicted octanol–water partition coefficient (Wildman–Crippen LogP) is 2.67. The molecule has 0 aromatic heterocycles. The number of hydrogen-bond acceptors (Lipinski definition) is 5. The Morgan fingerprint density at radius 3 is 2.38 bits per heavy atom. The quantitative estimate of drug-likeness (QED) is 0.274. The van der Waals surface area contributed by atoms with Crippen molar-refractivity contribution < 1.29 is 13.2 Å². The Labute approximate surface area is 175 Å². The van der Waals surface area contributed by atoms with Gasteiger partial charge in [-0.25, -0.2) is 0 Å². The van der Waals surface area contributed by atoms with Crippen molar-refractivity contribution in [3.8, 4) is 6.07 Å². The van der Waals surface area contributed by atoms with Crippen molar-refractivity contribution in [3.05, 3.63) is 66.2 Å². The van der Waals surface area contributed by atoms with Crippen molar-refractivity contribution in [2.24, 2.45) is 4.40 Å². The first-order valence-corrected chi connectivity index (χ1v) is 11.3. The van der Waals surface area contributed by atoms with Gasteiger partial charge in [-0.1, -0.05) is 48.5 Å². The monoisotopic (exact) mass is 430 g/mol. The van der Waals surface area contributed by atoms with E-state index in [2.05, 4.69) is 15.0 Å². The van der Waals surface area contributed by atoms with Gasteiger partial charge in [0.2, 0.25) is 5.91 Å². The van der Waals surface area contributed by atoms with Crippen molar-refractivity contribution in [2.45, 2.75) is 29.4 Å². The van der Waals surface area contributed by atoms with Crippen LogP contribution in [-0.2, 0) is 20.6 Å². The first kappa shape index (κ1) is 22.5. The molecule has 0 aliphatic carbocycles. The van der Waals surface area contributed by atoms with Crippen LogP contribution in [0.4, 0.5) is 0 Å². The number of amides is 1. The Hall–Kier alpha value is -2.83. The number of hydrogen-bond donors (Lipinski definition) is 2. The molecule has 1 atom stereocenters. The molecule has 1 amide bonds. The highest BCUT2D eigenvalue weighted by Crippen LogP contribution is 2.19. The lowest BCUT2D eigenvalue weighted by atomic mass is 10.2. The molecule has 0 heterocycles. The first-order chi connectivity index (χ1) is 13.9. The van der Waals surface area contributed by atoms with E-state index in [1.807, 2.05) is 36.4 Å². The number of carbonyl (C=O) groups is 1. The van der Waals surface area contributed by atoms with E-state index in [9.17, 15) is 13.2 Å². The van der Waals surface area contributed by atoms with E-state index in [4.69, 9.17) is 5.26 Å². The van der Waals surface area contributed by atoms with Crippen LogP contribution in [0.2, 0.25) is 0 Å². The van der Waals surface area contributed by atoms with Gasteiger partial charge in [0.25, 0.3) is 10.0 Å². The fourth-order valence-electron chi connectivity index (χ4n) is 2.39. The Balaban J connectivity index is 2.10. The minimum absolute atomic E-state index is 0.0669. The van der Waals surface area contributed by atoms with Crippen molar-refractivity contribution in [1.82, 2.24) is 10.6 Å². The average Bonchev–Trinajstić information content (AvgIpc) is 2.71. The summed E-state index contributed by atoms with van der Waals surface area (Å²) in [4.78, 5) is 12.1. The number of nitrogens with zero attached hydrogens (tertiary/aromatic N) is 2. The Morgan fingerprint density at radius 2 is 1.76 bits per heavy atom. The standard InChI is InChI=1S/C20H22N4O3S2/c1-16(24-29(26,27)18-10-6-3-7-11-18)23-20(14-19(25)22-13-12-21)28-15-17-8-4-2-5-9-17/h2-11,20H,13-15H2,1H3,(H,22,25)(H,23,24). The van der Waals surface area contributed by atoms with Gasteiger partial charge in [0.15, 0.2) is 0 Å². The zero-order chi connectivity index (χ0) is 21.1. The summed E-state index contributed by atoms with van der Waals surface area (Å²) in [6.07, 6.45) is 0.0669. The fourth-order valence-corrected chi connectivity index (χ4v) is 4.52. The minimum Gasteiger partial charge on any atom is -0.361 e. The fraction of sp³-hybridized carbons (Fsp3) is 0.250. The van der Waals surface area contributed by atoms with Crippen molar-refractivity contribution in [3.63, 3.8) is 0 Å². The molecule has 9 heteroatoms. The van der Waals surface area contributed by atoms with Crippen molar-refractivity contribution in [2.75, 3.05) is 6.54 Å². The summed E-state index contributed by atoms with van der Waals surface area (Å²) in [6, 6.07) is 19.5. The van der Waals surface area contributed by atoms with Gasteiger partial charge in [0.05, 0.1) is 22.8 Å². The highest BCUT2D eigenvalue weighted by atomic mass is 32.2. The summed E-state index contributed by atoms with van der Waals surface area (Å²) in [5, 5.41) is 13.7.